The van der Waals surface area contributed by atoms with Crippen LogP contribution in [-0.2, 0) is 4.74 Å². The number of para-hydroxylation sites is 1. The lowest BCUT2D eigenvalue weighted by atomic mass is 10.2. The molecule has 1 aromatic heterocycles. The number of nitrogens with one attached hydrogen (secondary N) is 1. The van der Waals surface area contributed by atoms with Gasteiger partial charge in [-0.15, -0.1) is 0 Å². The molecule has 0 atom stereocenters. The van der Waals surface area contributed by atoms with Crippen molar-refractivity contribution < 1.29 is 4.74 Å². The quantitative estimate of drug-likeness (QED) is 0.454. The van der Waals surface area contributed by atoms with E-state index in [4.69, 9.17) is 4.74 Å². The minimum Gasteiger partial charge on any atom is -0.379 e. The van der Waals surface area contributed by atoms with E-state index in [1.54, 1.807) is 11.8 Å². The summed E-state index contributed by atoms with van der Waals surface area (Å²) in [7, 11) is 0. The summed E-state index contributed by atoms with van der Waals surface area (Å²) in [5.74, 6) is 1.89. The van der Waals surface area contributed by atoms with Gasteiger partial charge in [-0.05, 0) is 38.2 Å². The molecule has 0 fully saturated rings. The lowest BCUT2D eigenvalue weighted by molar-refractivity contribution is 0.0787. The second-order valence-corrected chi connectivity index (χ2v) is 6.24. The maximum absolute atomic E-state index is 5.55. The van der Waals surface area contributed by atoms with E-state index in [9.17, 15) is 0 Å². The number of benzene rings is 1. The maximum Gasteiger partial charge on any atom is 0.190 e. The summed E-state index contributed by atoms with van der Waals surface area (Å²) in [6.07, 6.45) is 1.25. The van der Waals surface area contributed by atoms with Gasteiger partial charge in [-0.3, -0.25) is 0 Å². The molecule has 114 valence electrons. The molecule has 0 saturated carbocycles. The number of thioether (sulfide) groups is 1. The Morgan fingerprint density at radius 1 is 1.24 bits per heavy atom. The smallest absolute Gasteiger partial charge is 0.190 e. The first-order valence-electron chi connectivity index (χ1n) is 7.45. The van der Waals surface area contributed by atoms with E-state index in [1.165, 1.54) is 0 Å². The molecule has 0 radical (unpaired) electrons. The Kier molecular flexibility index (Phi) is 6.26. The Morgan fingerprint density at radius 3 is 2.81 bits per heavy atom. The number of hydrogen-bond acceptors (Lipinski definition) is 5. The molecule has 21 heavy (non-hydrogen) atoms. The van der Waals surface area contributed by atoms with Crippen molar-refractivity contribution >= 4 is 28.5 Å². The van der Waals surface area contributed by atoms with Gasteiger partial charge in [0.15, 0.2) is 5.16 Å². The Balaban J connectivity index is 2.06. The highest BCUT2D eigenvalue weighted by Gasteiger charge is 2.07. The molecule has 0 amide bonds. The molecule has 0 unspecified atom stereocenters. The summed E-state index contributed by atoms with van der Waals surface area (Å²) in [5, 5.41) is 5.32. The summed E-state index contributed by atoms with van der Waals surface area (Å²) in [6, 6.07) is 8.12. The lowest BCUT2D eigenvalue weighted by Gasteiger charge is -2.11. The fraction of sp³-hybridized carbons (Fsp3) is 0.500. The second-order valence-electron chi connectivity index (χ2n) is 5.00. The monoisotopic (exact) mass is 305 g/mol. The second kappa shape index (κ2) is 8.20. The molecule has 1 heterocycles. The van der Waals surface area contributed by atoms with Crippen LogP contribution in [0.25, 0.3) is 10.9 Å². The number of aromatic nitrogens is 2. The molecule has 0 aliphatic rings. The van der Waals surface area contributed by atoms with Crippen LogP contribution in [0.4, 0.5) is 5.82 Å². The van der Waals surface area contributed by atoms with E-state index in [0.29, 0.717) is 0 Å². The first-order chi connectivity index (χ1) is 10.2. The molecule has 0 saturated heterocycles. The van der Waals surface area contributed by atoms with Crippen LogP contribution in [0, 0.1) is 0 Å². The number of fused-ring (bicyclic) bond motifs is 1. The van der Waals surface area contributed by atoms with E-state index in [-0.39, 0.29) is 6.10 Å². The third-order valence-corrected chi connectivity index (χ3v) is 3.65. The predicted molar refractivity (Wildman–Crippen MR) is 90.1 cm³/mol. The van der Waals surface area contributed by atoms with E-state index in [0.717, 1.165) is 47.2 Å². The fourth-order valence-corrected chi connectivity index (χ4v) is 2.56. The van der Waals surface area contributed by atoms with Crippen LogP contribution in [0.15, 0.2) is 29.4 Å². The van der Waals surface area contributed by atoms with E-state index < -0.39 is 0 Å². The van der Waals surface area contributed by atoms with Crippen molar-refractivity contribution in [1.29, 1.82) is 0 Å². The molecular formula is C16H23N3OS. The Bertz CT molecular complexity index is 574. The zero-order valence-corrected chi connectivity index (χ0v) is 13.7. The van der Waals surface area contributed by atoms with Crippen molar-refractivity contribution in [3.8, 4) is 0 Å². The average molecular weight is 305 g/mol. The van der Waals surface area contributed by atoms with Crippen molar-refractivity contribution in [2.75, 3.05) is 24.2 Å². The van der Waals surface area contributed by atoms with Crippen LogP contribution < -0.4 is 5.32 Å². The molecule has 2 aromatic rings. The van der Waals surface area contributed by atoms with Crippen molar-refractivity contribution in [2.24, 2.45) is 0 Å². The molecular weight excluding hydrogens is 282 g/mol. The third-order valence-electron chi connectivity index (χ3n) is 2.92. The number of ether oxygens (including phenoxy) is 1. The minimum atomic E-state index is 0.289. The van der Waals surface area contributed by atoms with Gasteiger partial charge >= 0.3 is 0 Å². The largest absolute Gasteiger partial charge is 0.379 e. The number of nitrogens with zero attached hydrogens (tertiary/aromatic N) is 2. The van der Waals surface area contributed by atoms with Crippen molar-refractivity contribution in [1.82, 2.24) is 9.97 Å². The van der Waals surface area contributed by atoms with Crippen LogP contribution in [-0.4, -0.2) is 35.0 Å². The minimum absolute atomic E-state index is 0.289. The third kappa shape index (κ3) is 4.86. The summed E-state index contributed by atoms with van der Waals surface area (Å²) in [5.41, 5.74) is 0.990. The van der Waals surface area contributed by atoms with Gasteiger partial charge in [-0.2, -0.15) is 0 Å². The van der Waals surface area contributed by atoms with Gasteiger partial charge in [-0.25, -0.2) is 9.97 Å². The van der Waals surface area contributed by atoms with Crippen LogP contribution in [0.1, 0.15) is 27.2 Å². The number of rotatable bonds is 8. The summed E-state index contributed by atoms with van der Waals surface area (Å²) < 4.78 is 5.55. The van der Waals surface area contributed by atoms with Gasteiger partial charge in [-0.1, -0.05) is 30.8 Å². The van der Waals surface area contributed by atoms with Gasteiger partial charge in [0.05, 0.1) is 11.6 Å². The SMILES string of the molecule is CCSc1nc(NCCCOC(C)C)c2ccccc2n1. The summed E-state index contributed by atoms with van der Waals surface area (Å²) in [6.45, 7) is 7.84. The topological polar surface area (TPSA) is 47.0 Å². The van der Waals surface area contributed by atoms with Crippen molar-refractivity contribution in [3.05, 3.63) is 24.3 Å². The highest BCUT2D eigenvalue weighted by molar-refractivity contribution is 7.99. The molecule has 0 bridgehead atoms. The molecule has 2 rings (SSSR count). The van der Waals surface area contributed by atoms with Crippen LogP contribution in [0.5, 0.6) is 0 Å². The average Bonchev–Trinajstić information content (AvgIpc) is 2.47. The van der Waals surface area contributed by atoms with Crippen molar-refractivity contribution in [2.45, 2.75) is 38.5 Å². The Morgan fingerprint density at radius 2 is 2.05 bits per heavy atom. The molecule has 0 aliphatic heterocycles. The number of hydrogen-bond donors (Lipinski definition) is 1. The highest BCUT2D eigenvalue weighted by atomic mass is 32.2. The van der Waals surface area contributed by atoms with Gasteiger partial charge in [0, 0.05) is 18.5 Å². The van der Waals surface area contributed by atoms with Gasteiger partial charge in [0.1, 0.15) is 5.82 Å². The predicted octanol–water partition coefficient (Wildman–Crippen LogP) is 3.97. The van der Waals surface area contributed by atoms with Crippen LogP contribution in [0.3, 0.4) is 0 Å². The van der Waals surface area contributed by atoms with Gasteiger partial charge < -0.3 is 10.1 Å². The van der Waals surface area contributed by atoms with Crippen LogP contribution in [0.2, 0.25) is 0 Å². The molecule has 0 spiro atoms. The normalized spacial score (nSPS) is 11.2. The molecule has 1 aromatic carbocycles. The molecule has 5 heteroatoms. The standard InChI is InChI=1S/C16H23N3OS/c1-4-21-16-18-14-9-6-5-8-13(14)15(19-16)17-10-7-11-20-12(2)3/h5-6,8-9,12H,4,7,10-11H2,1-3H3,(H,17,18,19). The Hall–Kier alpha value is -1.33. The van der Waals surface area contributed by atoms with E-state index in [1.807, 2.05) is 18.2 Å². The maximum atomic E-state index is 5.55. The van der Waals surface area contributed by atoms with E-state index in [2.05, 4.69) is 42.1 Å². The van der Waals surface area contributed by atoms with Gasteiger partial charge in [0.25, 0.3) is 0 Å². The number of anilines is 1. The molecule has 4 nitrogen and oxygen atoms in total. The van der Waals surface area contributed by atoms with Gasteiger partial charge in [0.2, 0.25) is 0 Å². The fourth-order valence-electron chi connectivity index (χ4n) is 1.98. The van der Waals surface area contributed by atoms with Crippen molar-refractivity contribution in [3.63, 3.8) is 0 Å². The summed E-state index contributed by atoms with van der Waals surface area (Å²) in [4.78, 5) is 9.20. The lowest BCUT2D eigenvalue weighted by Crippen LogP contribution is -2.10. The molecule has 0 aliphatic carbocycles. The van der Waals surface area contributed by atoms with Crippen LogP contribution >= 0.6 is 11.8 Å². The zero-order valence-electron chi connectivity index (χ0n) is 12.9. The highest BCUT2D eigenvalue weighted by Crippen LogP contribution is 2.24. The molecule has 1 N–H and O–H groups in total. The summed E-state index contributed by atoms with van der Waals surface area (Å²) >= 11 is 1.67. The first kappa shape index (κ1) is 16.0. The van der Waals surface area contributed by atoms with E-state index >= 15 is 0 Å². The first-order valence-corrected chi connectivity index (χ1v) is 8.44. The Labute approximate surface area is 130 Å². The zero-order chi connectivity index (χ0) is 15.1.